The van der Waals surface area contributed by atoms with Crippen molar-refractivity contribution in [2.45, 2.75) is 51.1 Å². The van der Waals surface area contributed by atoms with Crippen molar-refractivity contribution in [3.05, 3.63) is 108 Å². The summed E-state index contributed by atoms with van der Waals surface area (Å²) in [7, 11) is 0. The molecule has 0 saturated carbocycles. The number of hydrogen-bond acceptors (Lipinski definition) is 4. The molecule has 0 radical (unpaired) electrons. The van der Waals surface area contributed by atoms with Gasteiger partial charge in [0.2, 0.25) is 0 Å². The summed E-state index contributed by atoms with van der Waals surface area (Å²) in [6.45, 7) is 2.85. The van der Waals surface area contributed by atoms with Gasteiger partial charge >= 0.3 is 0 Å². The van der Waals surface area contributed by atoms with Crippen molar-refractivity contribution in [2.75, 3.05) is 13.2 Å². The summed E-state index contributed by atoms with van der Waals surface area (Å²) in [5, 5.41) is 0. The molecule has 0 bridgehead atoms. The molecule has 0 amide bonds. The van der Waals surface area contributed by atoms with Gasteiger partial charge in [-0.15, -0.1) is 0 Å². The van der Waals surface area contributed by atoms with Gasteiger partial charge in [0.05, 0.1) is 19.3 Å². The fourth-order valence-corrected chi connectivity index (χ4v) is 4.33. The lowest BCUT2D eigenvalue weighted by molar-refractivity contribution is -0.182. The maximum atomic E-state index is 13.7. The highest BCUT2D eigenvalue weighted by Gasteiger charge is 2.28. The van der Waals surface area contributed by atoms with Gasteiger partial charge in [-0.05, 0) is 29.5 Å². The van der Waals surface area contributed by atoms with Crippen LogP contribution in [0.4, 0.5) is 0 Å². The van der Waals surface area contributed by atoms with Crippen molar-refractivity contribution in [3.8, 4) is 0 Å². The van der Waals surface area contributed by atoms with Crippen LogP contribution in [-0.4, -0.2) is 36.2 Å². The van der Waals surface area contributed by atoms with E-state index in [1.165, 1.54) is 16.7 Å². The molecule has 1 fully saturated rings. The molecular weight excluding hydrogens is 410 g/mol. The second kappa shape index (κ2) is 12.4. The van der Waals surface area contributed by atoms with Crippen molar-refractivity contribution in [3.63, 3.8) is 0 Å². The minimum absolute atomic E-state index is 0.226. The maximum absolute atomic E-state index is 13.7. The van der Waals surface area contributed by atoms with Gasteiger partial charge in [-0.2, -0.15) is 0 Å². The summed E-state index contributed by atoms with van der Waals surface area (Å²) < 4.78 is 11.4. The molecule has 172 valence electrons. The Morgan fingerprint density at radius 3 is 1.76 bits per heavy atom. The molecule has 4 heteroatoms. The third-order valence-corrected chi connectivity index (χ3v) is 6.06. The van der Waals surface area contributed by atoms with Gasteiger partial charge < -0.3 is 9.47 Å². The SMILES string of the molecule is O=C(CCC1OCCCO1)[C@H](Cc1ccccc1)N(Cc1ccccc1)Cc1ccccc1. The van der Waals surface area contributed by atoms with Crippen LogP contribution in [0.15, 0.2) is 91.0 Å². The number of Topliss-reactive ketones (excluding diaryl/α,β-unsaturated/α-hetero) is 1. The molecule has 4 nitrogen and oxygen atoms in total. The number of ether oxygens (including phenoxy) is 2. The van der Waals surface area contributed by atoms with E-state index in [0.717, 1.165) is 19.5 Å². The van der Waals surface area contributed by atoms with Crippen molar-refractivity contribution in [2.24, 2.45) is 0 Å². The van der Waals surface area contributed by atoms with Crippen LogP contribution in [0.5, 0.6) is 0 Å². The predicted octanol–water partition coefficient (Wildman–Crippen LogP) is 5.41. The number of carbonyl (C=O) groups is 1. The Morgan fingerprint density at radius 2 is 1.24 bits per heavy atom. The number of rotatable bonds is 11. The van der Waals surface area contributed by atoms with E-state index in [2.05, 4.69) is 65.6 Å². The summed E-state index contributed by atoms with van der Waals surface area (Å²) >= 11 is 0. The normalized spacial score (nSPS) is 15.4. The van der Waals surface area contributed by atoms with Gasteiger partial charge in [0, 0.05) is 25.9 Å². The quantitative estimate of drug-likeness (QED) is 0.397. The minimum atomic E-state index is -0.267. The van der Waals surface area contributed by atoms with Crippen molar-refractivity contribution in [1.29, 1.82) is 0 Å². The van der Waals surface area contributed by atoms with Crippen molar-refractivity contribution < 1.29 is 14.3 Å². The Kier molecular flexibility index (Phi) is 8.82. The third kappa shape index (κ3) is 7.36. The number of nitrogens with zero attached hydrogens (tertiary/aromatic N) is 1. The molecule has 4 rings (SSSR count). The summed E-state index contributed by atoms with van der Waals surface area (Å²) in [5.41, 5.74) is 3.59. The fraction of sp³-hybridized carbons (Fsp3) is 0.345. The van der Waals surface area contributed by atoms with Crippen LogP contribution in [0.3, 0.4) is 0 Å². The van der Waals surface area contributed by atoms with E-state index in [-0.39, 0.29) is 18.1 Å². The Morgan fingerprint density at radius 1 is 0.758 bits per heavy atom. The van der Waals surface area contributed by atoms with E-state index < -0.39 is 0 Å². The zero-order valence-electron chi connectivity index (χ0n) is 19.1. The molecule has 0 aliphatic carbocycles. The van der Waals surface area contributed by atoms with E-state index in [1.807, 2.05) is 30.3 Å². The first-order chi connectivity index (χ1) is 16.3. The van der Waals surface area contributed by atoms with Gasteiger partial charge in [-0.1, -0.05) is 91.0 Å². The van der Waals surface area contributed by atoms with Gasteiger partial charge in [0.15, 0.2) is 12.1 Å². The van der Waals surface area contributed by atoms with Gasteiger partial charge in [-0.25, -0.2) is 0 Å². The molecule has 0 N–H and O–H groups in total. The molecule has 33 heavy (non-hydrogen) atoms. The number of benzene rings is 3. The number of ketones is 1. The minimum Gasteiger partial charge on any atom is -0.353 e. The Labute approximate surface area is 197 Å². The molecule has 1 heterocycles. The highest BCUT2D eigenvalue weighted by molar-refractivity contribution is 5.84. The standard InChI is InChI=1S/C29H33NO3/c31-28(17-18-29-32-19-10-20-33-29)27(21-24-11-4-1-5-12-24)30(22-25-13-6-2-7-14-25)23-26-15-8-3-9-16-26/h1-9,11-16,27,29H,10,17-23H2/t27-/m0/s1. The molecule has 3 aromatic rings. The lowest BCUT2D eigenvalue weighted by Gasteiger charge is -2.32. The maximum Gasteiger partial charge on any atom is 0.157 e. The highest BCUT2D eigenvalue weighted by atomic mass is 16.7. The molecule has 0 spiro atoms. The fourth-order valence-electron chi connectivity index (χ4n) is 4.33. The molecule has 1 aliphatic heterocycles. The first-order valence-electron chi connectivity index (χ1n) is 11.9. The lowest BCUT2D eigenvalue weighted by Crippen LogP contribution is -2.42. The lowest BCUT2D eigenvalue weighted by atomic mass is 9.96. The first kappa shape index (κ1) is 23.4. The summed E-state index contributed by atoms with van der Waals surface area (Å²) in [6.07, 6.45) is 2.39. The smallest absolute Gasteiger partial charge is 0.157 e. The van der Waals surface area contributed by atoms with Crippen molar-refractivity contribution >= 4 is 5.78 Å². The van der Waals surface area contributed by atoms with Crippen LogP contribution in [0.25, 0.3) is 0 Å². The van der Waals surface area contributed by atoms with Crippen LogP contribution in [0, 0.1) is 0 Å². The molecule has 1 aliphatic rings. The van der Waals surface area contributed by atoms with Crippen LogP contribution in [-0.2, 0) is 33.8 Å². The average molecular weight is 444 g/mol. The zero-order valence-corrected chi connectivity index (χ0v) is 19.1. The van der Waals surface area contributed by atoms with Crippen LogP contribution >= 0.6 is 0 Å². The van der Waals surface area contributed by atoms with E-state index in [0.29, 0.717) is 32.5 Å². The Bertz CT molecular complexity index is 914. The predicted molar refractivity (Wildman–Crippen MR) is 131 cm³/mol. The monoisotopic (exact) mass is 443 g/mol. The Hall–Kier alpha value is -2.79. The Balaban J connectivity index is 1.56. The molecule has 1 atom stereocenters. The number of carbonyl (C=O) groups excluding carboxylic acids is 1. The van der Waals surface area contributed by atoms with E-state index in [4.69, 9.17) is 9.47 Å². The van der Waals surface area contributed by atoms with Crippen LogP contribution < -0.4 is 0 Å². The van der Waals surface area contributed by atoms with E-state index >= 15 is 0 Å². The van der Waals surface area contributed by atoms with Gasteiger partial charge in [0.25, 0.3) is 0 Å². The largest absolute Gasteiger partial charge is 0.353 e. The molecule has 3 aromatic carbocycles. The van der Waals surface area contributed by atoms with Gasteiger partial charge in [0.1, 0.15) is 0 Å². The van der Waals surface area contributed by atoms with Crippen LogP contribution in [0.2, 0.25) is 0 Å². The van der Waals surface area contributed by atoms with E-state index in [9.17, 15) is 4.79 Å². The average Bonchev–Trinajstić information content (AvgIpc) is 2.88. The molecule has 0 unspecified atom stereocenters. The number of hydrogen-bond donors (Lipinski definition) is 0. The van der Waals surface area contributed by atoms with Gasteiger partial charge in [-0.3, -0.25) is 9.69 Å². The molecule has 0 aromatic heterocycles. The van der Waals surface area contributed by atoms with Crippen LogP contribution in [0.1, 0.15) is 36.0 Å². The van der Waals surface area contributed by atoms with E-state index in [1.54, 1.807) is 0 Å². The zero-order chi connectivity index (χ0) is 22.7. The van der Waals surface area contributed by atoms with Crippen molar-refractivity contribution in [1.82, 2.24) is 4.90 Å². The summed E-state index contributed by atoms with van der Waals surface area (Å²) in [5.74, 6) is 0.239. The highest BCUT2D eigenvalue weighted by Crippen LogP contribution is 2.21. The third-order valence-electron chi connectivity index (χ3n) is 6.06. The summed E-state index contributed by atoms with van der Waals surface area (Å²) in [4.78, 5) is 16.0. The molecule has 1 saturated heterocycles. The second-order valence-corrected chi connectivity index (χ2v) is 8.61. The second-order valence-electron chi connectivity index (χ2n) is 8.61. The first-order valence-corrected chi connectivity index (χ1v) is 11.9. The molecular formula is C29H33NO3. The topological polar surface area (TPSA) is 38.8 Å². The summed E-state index contributed by atoms with van der Waals surface area (Å²) in [6, 6.07) is 30.9.